The highest BCUT2D eigenvalue weighted by Crippen LogP contribution is 2.32. The number of nitrogens with zero attached hydrogens (tertiary/aromatic N) is 2. The van der Waals surface area contributed by atoms with Gasteiger partial charge < -0.3 is 10.1 Å². The molecule has 0 spiro atoms. The number of aryl methyl sites for hydroxylation is 1. The maximum atomic E-state index is 12.6. The summed E-state index contributed by atoms with van der Waals surface area (Å²) in [6.45, 7) is 1.93. The van der Waals surface area contributed by atoms with Gasteiger partial charge in [-0.15, -0.1) is 0 Å². The predicted octanol–water partition coefficient (Wildman–Crippen LogP) is 4.22. The highest BCUT2D eigenvalue weighted by Gasteiger charge is 2.22. The second-order valence-electron chi connectivity index (χ2n) is 5.85. The van der Waals surface area contributed by atoms with Gasteiger partial charge in [0.15, 0.2) is 0 Å². The van der Waals surface area contributed by atoms with Gasteiger partial charge in [0.1, 0.15) is 11.6 Å². The van der Waals surface area contributed by atoms with Gasteiger partial charge in [-0.05, 0) is 38.0 Å². The highest BCUT2D eigenvalue weighted by molar-refractivity contribution is 6.31. The third-order valence-electron chi connectivity index (χ3n) is 4.18. The molecule has 122 valence electrons. The van der Waals surface area contributed by atoms with Crippen LogP contribution in [0.2, 0.25) is 5.02 Å². The van der Waals surface area contributed by atoms with E-state index in [1.54, 1.807) is 18.2 Å². The molecule has 0 saturated heterocycles. The molecule has 0 aliphatic heterocycles. The Kier molecular flexibility index (Phi) is 4.57. The number of anilines is 1. The third-order valence-corrected chi connectivity index (χ3v) is 4.41. The van der Waals surface area contributed by atoms with Crippen LogP contribution in [0.3, 0.4) is 0 Å². The fourth-order valence-corrected chi connectivity index (χ4v) is 3.25. The minimum absolute atomic E-state index is 0.247. The molecular weight excluding hydrogens is 314 g/mol. The topological polar surface area (TPSA) is 56.1 Å². The normalized spacial score (nSPS) is 14.9. The van der Waals surface area contributed by atoms with E-state index in [2.05, 4.69) is 10.4 Å². The molecule has 1 saturated carbocycles. The van der Waals surface area contributed by atoms with Gasteiger partial charge in [0.2, 0.25) is 0 Å². The first kappa shape index (κ1) is 15.9. The van der Waals surface area contributed by atoms with Gasteiger partial charge >= 0.3 is 0 Å². The average molecular weight is 334 g/mol. The summed E-state index contributed by atoms with van der Waals surface area (Å²) in [6.07, 6.45) is 4.62. The van der Waals surface area contributed by atoms with Crippen LogP contribution in [-0.4, -0.2) is 22.8 Å². The van der Waals surface area contributed by atoms with E-state index in [1.807, 2.05) is 17.7 Å². The molecular formula is C17H20ClN3O2. The second kappa shape index (κ2) is 6.62. The molecule has 1 aliphatic carbocycles. The molecule has 1 aromatic heterocycles. The van der Waals surface area contributed by atoms with Crippen LogP contribution in [0.1, 0.15) is 47.8 Å². The van der Waals surface area contributed by atoms with E-state index in [1.165, 1.54) is 20.0 Å². The number of hydrogen-bond donors (Lipinski definition) is 1. The van der Waals surface area contributed by atoms with Gasteiger partial charge in [-0.25, -0.2) is 4.68 Å². The molecule has 1 aromatic carbocycles. The summed E-state index contributed by atoms with van der Waals surface area (Å²) < 4.78 is 7.19. The molecule has 5 nitrogen and oxygen atoms in total. The Morgan fingerprint density at radius 2 is 2.09 bits per heavy atom. The summed E-state index contributed by atoms with van der Waals surface area (Å²) in [4.78, 5) is 12.6. The van der Waals surface area contributed by atoms with E-state index in [9.17, 15) is 4.79 Å². The van der Waals surface area contributed by atoms with Crippen molar-refractivity contribution in [3.05, 3.63) is 40.5 Å². The zero-order valence-electron chi connectivity index (χ0n) is 13.3. The molecule has 23 heavy (non-hydrogen) atoms. The third kappa shape index (κ3) is 3.34. The summed E-state index contributed by atoms with van der Waals surface area (Å²) in [5.41, 5.74) is 1.31. The zero-order chi connectivity index (χ0) is 16.4. The van der Waals surface area contributed by atoms with E-state index in [0.29, 0.717) is 22.4 Å². The molecule has 2 aromatic rings. The van der Waals surface area contributed by atoms with Crippen molar-refractivity contribution in [3.63, 3.8) is 0 Å². The Morgan fingerprint density at radius 3 is 2.78 bits per heavy atom. The first-order chi connectivity index (χ1) is 11.1. The van der Waals surface area contributed by atoms with Crippen LogP contribution < -0.4 is 10.1 Å². The van der Waals surface area contributed by atoms with Crippen molar-refractivity contribution in [3.8, 4) is 5.75 Å². The van der Waals surface area contributed by atoms with Crippen LogP contribution >= 0.6 is 11.6 Å². The number of rotatable bonds is 4. The summed E-state index contributed by atoms with van der Waals surface area (Å²) in [7, 11) is 1.53. The van der Waals surface area contributed by atoms with Crippen molar-refractivity contribution in [2.24, 2.45) is 0 Å². The molecule has 1 amide bonds. The molecule has 0 atom stereocenters. The van der Waals surface area contributed by atoms with Crippen LogP contribution in [-0.2, 0) is 0 Å². The first-order valence-electron chi connectivity index (χ1n) is 7.79. The zero-order valence-corrected chi connectivity index (χ0v) is 14.1. The van der Waals surface area contributed by atoms with E-state index < -0.39 is 0 Å². The number of carbonyl (C=O) groups excluding carboxylic acids is 1. The lowest BCUT2D eigenvalue weighted by molar-refractivity contribution is 0.102. The quantitative estimate of drug-likeness (QED) is 0.911. The van der Waals surface area contributed by atoms with Crippen molar-refractivity contribution < 1.29 is 9.53 Å². The van der Waals surface area contributed by atoms with Crippen LogP contribution in [0.5, 0.6) is 5.75 Å². The summed E-state index contributed by atoms with van der Waals surface area (Å²) in [6, 6.07) is 7.26. The fraction of sp³-hybridized carbons (Fsp3) is 0.412. The molecule has 1 heterocycles. The molecule has 0 unspecified atom stereocenters. The number of halogens is 1. The standard InChI is InChI=1S/C17H20ClN3O2/c1-11-9-16(21(20-11)13-5-3-4-6-13)19-17(22)14-10-12(18)7-8-15(14)23-2/h7-10,13H,3-6H2,1-2H3,(H,19,22). The average Bonchev–Trinajstić information content (AvgIpc) is 3.16. The Labute approximate surface area is 140 Å². The van der Waals surface area contributed by atoms with E-state index in [0.717, 1.165) is 24.4 Å². The van der Waals surface area contributed by atoms with Gasteiger partial charge in [0, 0.05) is 11.1 Å². The number of hydrogen-bond acceptors (Lipinski definition) is 3. The number of carbonyl (C=O) groups is 1. The van der Waals surface area contributed by atoms with E-state index in [4.69, 9.17) is 16.3 Å². The number of methoxy groups -OCH3 is 1. The summed E-state index contributed by atoms with van der Waals surface area (Å²) in [5, 5.41) is 7.99. The molecule has 6 heteroatoms. The lowest BCUT2D eigenvalue weighted by Crippen LogP contribution is -2.18. The molecule has 0 bridgehead atoms. The molecule has 1 aliphatic rings. The van der Waals surface area contributed by atoms with Crippen molar-refractivity contribution in [2.75, 3.05) is 12.4 Å². The van der Waals surface area contributed by atoms with Crippen LogP contribution in [0.15, 0.2) is 24.3 Å². The SMILES string of the molecule is COc1ccc(Cl)cc1C(=O)Nc1cc(C)nn1C1CCCC1. The minimum atomic E-state index is -0.247. The Balaban J connectivity index is 1.87. The van der Waals surface area contributed by atoms with E-state index >= 15 is 0 Å². The number of ether oxygens (including phenoxy) is 1. The predicted molar refractivity (Wildman–Crippen MR) is 90.4 cm³/mol. The highest BCUT2D eigenvalue weighted by atomic mass is 35.5. The number of benzene rings is 1. The molecule has 3 rings (SSSR count). The lowest BCUT2D eigenvalue weighted by atomic mass is 10.2. The maximum absolute atomic E-state index is 12.6. The van der Waals surface area contributed by atoms with Crippen molar-refractivity contribution in [2.45, 2.75) is 38.6 Å². The van der Waals surface area contributed by atoms with Crippen molar-refractivity contribution >= 4 is 23.3 Å². The van der Waals surface area contributed by atoms with E-state index in [-0.39, 0.29) is 5.91 Å². The van der Waals surface area contributed by atoms with Crippen LogP contribution in [0, 0.1) is 6.92 Å². The Hall–Kier alpha value is -2.01. The Morgan fingerprint density at radius 1 is 1.35 bits per heavy atom. The largest absolute Gasteiger partial charge is 0.496 e. The van der Waals surface area contributed by atoms with Gasteiger partial charge in [0.25, 0.3) is 5.91 Å². The van der Waals surface area contributed by atoms with Gasteiger partial charge in [-0.1, -0.05) is 24.4 Å². The van der Waals surface area contributed by atoms with Crippen LogP contribution in [0.25, 0.3) is 0 Å². The monoisotopic (exact) mass is 333 g/mol. The van der Waals surface area contributed by atoms with Crippen molar-refractivity contribution in [1.29, 1.82) is 0 Å². The number of aromatic nitrogens is 2. The maximum Gasteiger partial charge on any atom is 0.260 e. The smallest absolute Gasteiger partial charge is 0.260 e. The fourth-order valence-electron chi connectivity index (χ4n) is 3.08. The minimum Gasteiger partial charge on any atom is -0.496 e. The second-order valence-corrected chi connectivity index (χ2v) is 6.29. The summed E-state index contributed by atoms with van der Waals surface area (Å²) >= 11 is 6.01. The van der Waals surface area contributed by atoms with Crippen molar-refractivity contribution in [1.82, 2.24) is 9.78 Å². The Bertz CT molecular complexity index is 721. The number of amides is 1. The molecule has 0 radical (unpaired) electrons. The molecule has 1 fully saturated rings. The number of nitrogens with one attached hydrogen (secondary N) is 1. The van der Waals surface area contributed by atoms with Gasteiger partial charge in [0.05, 0.1) is 24.4 Å². The molecule has 1 N–H and O–H groups in total. The summed E-state index contributed by atoms with van der Waals surface area (Å²) in [5.74, 6) is 0.973. The van der Waals surface area contributed by atoms with Crippen LogP contribution in [0.4, 0.5) is 5.82 Å². The lowest BCUT2D eigenvalue weighted by Gasteiger charge is -2.15. The first-order valence-corrected chi connectivity index (χ1v) is 8.17. The van der Waals surface area contributed by atoms with Gasteiger partial charge in [-0.3, -0.25) is 4.79 Å². The van der Waals surface area contributed by atoms with Gasteiger partial charge in [-0.2, -0.15) is 5.10 Å².